The maximum atomic E-state index is 4.36. The topological polar surface area (TPSA) is 53.6 Å². The second-order valence-corrected chi connectivity index (χ2v) is 5.32. The van der Waals surface area contributed by atoms with Gasteiger partial charge in [-0.3, -0.25) is 0 Å². The average Bonchev–Trinajstić information content (AvgIpc) is 2.78. The lowest BCUT2D eigenvalue weighted by atomic mass is 9.89. The van der Waals surface area contributed by atoms with Crippen molar-refractivity contribution in [2.75, 3.05) is 11.9 Å². The van der Waals surface area contributed by atoms with E-state index in [4.69, 9.17) is 0 Å². The van der Waals surface area contributed by atoms with Crippen LogP contribution in [-0.2, 0) is 0 Å². The zero-order valence-electron chi connectivity index (χ0n) is 10.9. The maximum Gasteiger partial charge on any atom is 0.143 e. The van der Waals surface area contributed by atoms with E-state index in [-0.39, 0.29) is 0 Å². The minimum atomic E-state index is 0.809. The molecule has 0 spiro atoms. The Morgan fingerprint density at radius 3 is 2.94 bits per heavy atom. The summed E-state index contributed by atoms with van der Waals surface area (Å²) < 4.78 is 0. The first-order valence-electron chi connectivity index (χ1n) is 6.87. The Hall–Kier alpha value is -1.58. The van der Waals surface area contributed by atoms with Gasteiger partial charge in [0.2, 0.25) is 0 Å². The summed E-state index contributed by atoms with van der Waals surface area (Å²) >= 11 is 0. The van der Waals surface area contributed by atoms with Crippen molar-refractivity contribution in [2.24, 2.45) is 5.92 Å². The molecule has 1 aliphatic carbocycles. The second kappa shape index (κ2) is 4.96. The largest absolute Gasteiger partial charge is 0.369 e. The molecule has 0 radical (unpaired) electrons. The summed E-state index contributed by atoms with van der Waals surface area (Å²) in [6, 6.07) is 2.11. The predicted octanol–water partition coefficient (Wildman–Crippen LogP) is 3.26. The molecule has 4 heteroatoms. The molecule has 2 aromatic rings. The Bertz CT molecular complexity index is 526. The number of hydrogen-bond acceptors (Lipinski definition) is 3. The fourth-order valence-electron chi connectivity index (χ4n) is 2.84. The van der Waals surface area contributed by atoms with Crippen molar-refractivity contribution in [3.63, 3.8) is 0 Å². The molecule has 0 aromatic carbocycles. The monoisotopic (exact) mass is 244 g/mol. The van der Waals surface area contributed by atoms with Gasteiger partial charge in [-0.05, 0) is 31.7 Å². The van der Waals surface area contributed by atoms with E-state index in [0.29, 0.717) is 0 Å². The van der Waals surface area contributed by atoms with Crippen LogP contribution in [0.15, 0.2) is 12.4 Å². The number of aromatic amines is 1. The molecule has 0 aliphatic heterocycles. The summed E-state index contributed by atoms with van der Waals surface area (Å²) in [7, 11) is 0. The maximum absolute atomic E-state index is 4.36. The van der Waals surface area contributed by atoms with Crippen molar-refractivity contribution in [2.45, 2.75) is 39.0 Å². The van der Waals surface area contributed by atoms with Crippen LogP contribution in [0.3, 0.4) is 0 Å². The minimum absolute atomic E-state index is 0.809. The smallest absolute Gasteiger partial charge is 0.143 e. The van der Waals surface area contributed by atoms with E-state index >= 15 is 0 Å². The predicted molar refractivity (Wildman–Crippen MR) is 73.7 cm³/mol. The zero-order chi connectivity index (χ0) is 12.4. The molecule has 1 saturated carbocycles. The number of fused-ring (bicyclic) bond motifs is 1. The number of aryl methyl sites for hydroxylation is 1. The van der Waals surface area contributed by atoms with Gasteiger partial charge in [-0.2, -0.15) is 0 Å². The van der Waals surface area contributed by atoms with Crippen LogP contribution < -0.4 is 5.32 Å². The highest BCUT2D eigenvalue weighted by atomic mass is 15.0. The average molecular weight is 244 g/mol. The molecule has 96 valence electrons. The first-order valence-corrected chi connectivity index (χ1v) is 6.87. The Morgan fingerprint density at radius 1 is 1.28 bits per heavy atom. The normalized spacial score (nSPS) is 17.2. The minimum Gasteiger partial charge on any atom is -0.369 e. The number of hydrogen-bond donors (Lipinski definition) is 2. The van der Waals surface area contributed by atoms with E-state index in [0.717, 1.165) is 35.0 Å². The summed E-state index contributed by atoms with van der Waals surface area (Å²) in [6.45, 7) is 3.09. The number of rotatable bonds is 3. The lowest BCUT2D eigenvalue weighted by Crippen LogP contribution is -2.17. The van der Waals surface area contributed by atoms with Gasteiger partial charge in [-0.25, -0.2) is 9.97 Å². The highest BCUT2D eigenvalue weighted by molar-refractivity contribution is 5.87. The van der Waals surface area contributed by atoms with Crippen LogP contribution >= 0.6 is 0 Å². The Kier molecular flexibility index (Phi) is 3.17. The molecule has 1 fully saturated rings. The third kappa shape index (κ3) is 2.33. The quantitative estimate of drug-likeness (QED) is 0.871. The third-order valence-electron chi connectivity index (χ3n) is 3.84. The number of nitrogens with one attached hydrogen (secondary N) is 2. The Morgan fingerprint density at radius 2 is 2.11 bits per heavy atom. The first kappa shape index (κ1) is 11.5. The van der Waals surface area contributed by atoms with Crippen molar-refractivity contribution >= 4 is 16.9 Å². The van der Waals surface area contributed by atoms with Gasteiger partial charge in [-0.1, -0.05) is 19.3 Å². The van der Waals surface area contributed by atoms with Crippen molar-refractivity contribution < 1.29 is 0 Å². The molecule has 0 amide bonds. The molecule has 0 bridgehead atoms. The molecule has 2 heterocycles. The summed E-state index contributed by atoms with van der Waals surface area (Å²) in [5.74, 6) is 1.78. The van der Waals surface area contributed by atoms with Crippen LogP contribution in [0, 0.1) is 12.8 Å². The van der Waals surface area contributed by atoms with Crippen molar-refractivity contribution in [3.05, 3.63) is 18.1 Å². The molecule has 18 heavy (non-hydrogen) atoms. The third-order valence-corrected chi connectivity index (χ3v) is 3.84. The van der Waals surface area contributed by atoms with Gasteiger partial charge in [0.05, 0.1) is 5.39 Å². The van der Waals surface area contributed by atoms with Gasteiger partial charge in [0.25, 0.3) is 0 Å². The molecule has 2 N–H and O–H groups in total. The molecule has 0 unspecified atom stereocenters. The van der Waals surface area contributed by atoms with Crippen molar-refractivity contribution in [3.8, 4) is 0 Å². The number of nitrogens with zero attached hydrogens (tertiary/aromatic N) is 2. The van der Waals surface area contributed by atoms with Gasteiger partial charge in [-0.15, -0.1) is 0 Å². The van der Waals surface area contributed by atoms with Gasteiger partial charge < -0.3 is 10.3 Å². The van der Waals surface area contributed by atoms with E-state index < -0.39 is 0 Å². The molecule has 0 atom stereocenters. The van der Waals surface area contributed by atoms with E-state index in [1.165, 1.54) is 32.1 Å². The van der Waals surface area contributed by atoms with Crippen LogP contribution in [0.4, 0.5) is 5.82 Å². The highest BCUT2D eigenvalue weighted by Gasteiger charge is 2.14. The van der Waals surface area contributed by atoms with Crippen LogP contribution in [0.2, 0.25) is 0 Å². The van der Waals surface area contributed by atoms with Crippen molar-refractivity contribution in [1.82, 2.24) is 15.0 Å². The van der Waals surface area contributed by atoms with Crippen LogP contribution in [0.5, 0.6) is 0 Å². The van der Waals surface area contributed by atoms with Crippen LogP contribution in [0.25, 0.3) is 11.0 Å². The zero-order valence-corrected chi connectivity index (χ0v) is 10.9. The molecule has 3 rings (SSSR count). The van der Waals surface area contributed by atoms with E-state index in [2.05, 4.69) is 26.3 Å². The fourth-order valence-corrected chi connectivity index (χ4v) is 2.84. The van der Waals surface area contributed by atoms with Gasteiger partial charge in [0.15, 0.2) is 0 Å². The lowest BCUT2D eigenvalue weighted by Gasteiger charge is -2.22. The van der Waals surface area contributed by atoms with Gasteiger partial charge >= 0.3 is 0 Å². The number of aromatic nitrogens is 3. The summed E-state index contributed by atoms with van der Waals surface area (Å²) in [4.78, 5) is 11.9. The molecule has 2 aromatic heterocycles. The molecule has 0 saturated heterocycles. The lowest BCUT2D eigenvalue weighted by molar-refractivity contribution is 0.373. The Labute approximate surface area is 107 Å². The fraction of sp³-hybridized carbons (Fsp3) is 0.571. The van der Waals surface area contributed by atoms with Crippen LogP contribution in [-0.4, -0.2) is 21.5 Å². The first-order chi connectivity index (χ1) is 8.83. The SMILES string of the molecule is Cc1cc2c(NCC3CCCCC3)ncnc2[nH]1. The molecular formula is C14H20N4. The van der Waals surface area contributed by atoms with E-state index in [1.54, 1.807) is 6.33 Å². The summed E-state index contributed by atoms with van der Waals surface area (Å²) in [6.07, 6.45) is 8.51. The number of H-pyrrole nitrogens is 1. The van der Waals surface area contributed by atoms with E-state index in [9.17, 15) is 0 Å². The van der Waals surface area contributed by atoms with Gasteiger partial charge in [0, 0.05) is 12.2 Å². The molecule has 1 aliphatic rings. The second-order valence-electron chi connectivity index (χ2n) is 5.32. The Balaban J connectivity index is 1.73. The van der Waals surface area contributed by atoms with Gasteiger partial charge in [0.1, 0.15) is 17.8 Å². The molecular weight excluding hydrogens is 224 g/mol. The van der Waals surface area contributed by atoms with Crippen LogP contribution in [0.1, 0.15) is 37.8 Å². The van der Waals surface area contributed by atoms with E-state index in [1.807, 2.05) is 6.92 Å². The molecule has 4 nitrogen and oxygen atoms in total. The summed E-state index contributed by atoms with van der Waals surface area (Å²) in [5, 5.41) is 4.60. The number of anilines is 1. The highest BCUT2D eigenvalue weighted by Crippen LogP contribution is 2.25. The summed E-state index contributed by atoms with van der Waals surface area (Å²) in [5.41, 5.74) is 2.06. The standard InChI is InChI=1S/C14H20N4/c1-10-7-12-13(16-9-17-14(12)18-10)15-8-11-5-3-2-4-6-11/h7,9,11H,2-6,8H2,1H3,(H2,15,16,17,18). The van der Waals surface area contributed by atoms with Crippen molar-refractivity contribution in [1.29, 1.82) is 0 Å².